The van der Waals surface area contributed by atoms with Crippen LogP contribution in [0.3, 0.4) is 0 Å². The molecule has 2 heterocycles. The number of piperidine rings is 1. The van der Waals surface area contributed by atoms with Crippen molar-refractivity contribution < 1.29 is 22.4 Å². The lowest BCUT2D eigenvalue weighted by Gasteiger charge is -2.25. The molecule has 0 spiro atoms. The highest BCUT2D eigenvalue weighted by atomic mass is 32.2. The molecule has 2 aromatic rings. The number of aromatic nitrogens is 1. The predicted molar refractivity (Wildman–Crippen MR) is 107 cm³/mol. The Morgan fingerprint density at radius 3 is 2.82 bits per heavy atom. The highest BCUT2D eigenvalue weighted by molar-refractivity contribution is 7.99. The second-order valence-corrected chi connectivity index (χ2v) is 9.65. The smallest absolute Gasteiger partial charge is 0.257 e. The van der Waals surface area contributed by atoms with Crippen LogP contribution in [-0.4, -0.2) is 62.2 Å². The molecule has 0 aliphatic carbocycles. The van der Waals surface area contributed by atoms with Gasteiger partial charge in [0, 0.05) is 26.2 Å². The van der Waals surface area contributed by atoms with Crippen molar-refractivity contribution >= 4 is 38.8 Å². The topological polar surface area (TPSA) is 102 Å². The molecule has 1 fully saturated rings. The molecule has 1 atom stereocenters. The van der Waals surface area contributed by atoms with Crippen LogP contribution in [0.2, 0.25) is 0 Å². The molecule has 0 saturated carbocycles. The van der Waals surface area contributed by atoms with Crippen molar-refractivity contribution in [3.05, 3.63) is 18.2 Å². The summed E-state index contributed by atoms with van der Waals surface area (Å²) < 4.78 is 37.7. The fourth-order valence-electron chi connectivity index (χ4n) is 3.10. The maximum atomic E-state index is 12.8. The Morgan fingerprint density at radius 2 is 2.11 bits per heavy atom. The van der Waals surface area contributed by atoms with E-state index in [1.54, 1.807) is 19.2 Å². The van der Waals surface area contributed by atoms with Gasteiger partial charge in [0.1, 0.15) is 5.52 Å². The summed E-state index contributed by atoms with van der Waals surface area (Å²) in [4.78, 5) is 16.5. The Morgan fingerprint density at radius 1 is 1.36 bits per heavy atom. The van der Waals surface area contributed by atoms with Crippen LogP contribution in [0.4, 0.5) is 0 Å². The molecule has 0 radical (unpaired) electrons. The zero-order valence-electron chi connectivity index (χ0n) is 16.0. The van der Waals surface area contributed by atoms with E-state index in [-0.39, 0.29) is 22.6 Å². The molecule has 1 N–H and O–H groups in total. The number of ether oxygens (including phenoxy) is 1. The summed E-state index contributed by atoms with van der Waals surface area (Å²) in [5.41, 5.74) is 0.960. The molecular formula is C18H25N3O5S2. The van der Waals surface area contributed by atoms with E-state index in [4.69, 9.17) is 9.15 Å². The molecule has 28 heavy (non-hydrogen) atoms. The van der Waals surface area contributed by atoms with Crippen molar-refractivity contribution in [3.8, 4) is 0 Å². The van der Waals surface area contributed by atoms with Gasteiger partial charge in [-0.2, -0.15) is 4.31 Å². The number of carbonyl (C=O) groups excluding carboxylic acids is 1. The lowest BCUT2D eigenvalue weighted by molar-refractivity contribution is -0.119. The molecule has 1 amide bonds. The van der Waals surface area contributed by atoms with Gasteiger partial charge in [0.05, 0.1) is 17.3 Å². The summed E-state index contributed by atoms with van der Waals surface area (Å²) in [6, 6.07) is 4.62. The molecule has 3 rings (SSSR count). The van der Waals surface area contributed by atoms with E-state index < -0.39 is 10.0 Å². The molecule has 1 saturated heterocycles. The number of rotatable bonds is 8. The van der Waals surface area contributed by atoms with E-state index in [0.29, 0.717) is 36.0 Å². The van der Waals surface area contributed by atoms with Gasteiger partial charge in [0.15, 0.2) is 5.58 Å². The van der Waals surface area contributed by atoms with Gasteiger partial charge >= 0.3 is 0 Å². The highest BCUT2D eigenvalue weighted by Crippen LogP contribution is 2.27. The molecule has 1 aliphatic heterocycles. The SMILES string of the molecule is COC[C@@H](C)NC(=O)CSc1nc2cc(S(=O)(=O)N3CCCCC3)ccc2o1. The molecule has 1 aliphatic rings. The zero-order chi connectivity index (χ0) is 20.1. The van der Waals surface area contributed by atoms with Gasteiger partial charge in [-0.15, -0.1) is 0 Å². The van der Waals surface area contributed by atoms with Crippen molar-refractivity contribution in [3.63, 3.8) is 0 Å². The van der Waals surface area contributed by atoms with Crippen LogP contribution in [0.5, 0.6) is 0 Å². The normalized spacial score (nSPS) is 16.9. The molecule has 1 aromatic heterocycles. The van der Waals surface area contributed by atoms with E-state index in [0.717, 1.165) is 19.3 Å². The van der Waals surface area contributed by atoms with Gasteiger partial charge in [-0.25, -0.2) is 13.4 Å². The van der Waals surface area contributed by atoms with Crippen LogP contribution in [0.25, 0.3) is 11.1 Å². The minimum absolute atomic E-state index is 0.0794. The largest absolute Gasteiger partial charge is 0.431 e. The number of carbonyl (C=O) groups is 1. The van der Waals surface area contributed by atoms with E-state index in [9.17, 15) is 13.2 Å². The first-order valence-corrected chi connectivity index (χ1v) is 11.6. The van der Waals surface area contributed by atoms with Gasteiger partial charge < -0.3 is 14.5 Å². The molecule has 8 nitrogen and oxygen atoms in total. The van der Waals surface area contributed by atoms with Gasteiger partial charge in [0.25, 0.3) is 5.22 Å². The average Bonchev–Trinajstić information content (AvgIpc) is 3.09. The Hall–Kier alpha value is -1.62. The van der Waals surface area contributed by atoms with Crippen LogP contribution in [0.1, 0.15) is 26.2 Å². The molecular weight excluding hydrogens is 402 g/mol. The zero-order valence-corrected chi connectivity index (χ0v) is 17.6. The molecule has 1 aromatic carbocycles. The number of thioether (sulfide) groups is 1. The average molecular weight is 428 g/mol. The van der Waals surface area contributed by atoms with Gasteiger partial charge in [-0.1, -0.05) is 18.2 Å². The van der Waals surface area contributed by atoms with E-state index >= 15 is 0 Å². The maximum absolute atomic E-state index is 12.8. The number of nitrogens with zero attached hydrogens (tertiary/aromatic N) is 2. The number of methoxy groups -OCH3 is 1. The third kappa shape index (κ3) is 5.05. The Bertz CT molecular complexity index is 922. The first kappa shape index (κ1) is 21.1. The summed E-state index contributed by atoms with van der Waals surface area (Å²) in [7, 11) is -1.94. The molecule has 154 valence electrons. The van der Waals surface area contributed by atoms with Crippen molar-refractivity contribution in [1.29, 1.82) is 0 Å². The number of hydrogen-bond acceptors (Lipinski definition) is 7. The fourth-order valence-corrected chi connectivity index (χ4v) is 5.29. The highest BCUT2D eigenvalue weighted by Gasteiger charge is 2.26. The standard InChI is InChI=1S/C18H25N3O5S2/c1-13(11-25-2)19-17(22)12-27-18-20-15-10-14(6-7-16(15)26-18)28(23,24)21-8-4-3-5-9-21/h6-7,10,13H,3-5,8-9,11-12H2,1-2H3,(H,19,22)/t13-/m1/s1. The number of nitrogens with one attached hydrogen (secondary N) is 1. The summed E-state index contributed by atoms with van der Waals surface area (Å²) in [5, 5.41) is 3.14. The second kappa shape index (κ2) is 9.25. The molecule has 0 bridgehead atoms. The predicted octanol–water partition coefficient (Wildman–Crippen LogP) is 2.25. The van der Waals surface area contributed by atoms with Gasteiger partial charge in [-0.05, 0) is 38.0 Å². The third-order valence-electron chi connectivity index (χ3n) is 4.44. The molecule has 10 heteroatoms. The number of amides is 1. The van der Waals surface area contributed by atoms with Crippen molar-refractivity contribution in [2.45, 2.75) is 42.3 Å². The summed E-state index contributed by atoms with van der Waals surface area (Å²) in [6.45, 7) is 3.40. The van der Waals surface area contributed by atoms with Gasteiger partial charge in [0.2, 0.25) is 15.9 Å². The summed E-state index contributed by atoms with van der Waals surface area (Å²) >= 11 is 1.17. The lowest BCUT2D eigenvalue weighted by atomic mass is 10.2. The first-order chi connectivity index (χ1) is 13.4. The van der Waals surface area contributed by atoms with Gasteiger partial charge in [-0.3, -0.25) is 4.79 Å². The summed E-state index contributed by atoms with van der Waals surface area (Å²) in [6.07, 6.45) is 2.83. The van der Waals surface area contributed by atoms with Crippen LogP contribution < -0.4 is 5.32 Å². The molecule has 0 unspecified atom stereocenters. The second-order valence-electron chi connectivity index (χ2n) is 6.79. The fraction of sp³-hybridized carbons (Fsp3) is 0.556. The van der Waals surface area contributed by atoms with E-state index in [2.05, 4.69) is 10.3 Å². The Kier molecular flexibility index (Phi) is 6.97. The van der Waals surface area contributed by atoms with Crippen molar-refractivity contribution in [2.75, 3.05) is 32.6 Å². The van der Waals surface area contributed by atoms with Crippen LogP contribution in [-0.2, 0) is 19.6 Å². The monoisotopic (exact) mass is 427 g/mol. The quantitative estimate of drug-likeness (QED) is 0.645. The van der Waals surface area contributed by atoms with Crippen molar-refractivity contribution in [2.24, 2.45) is 0 Å². The Balaban J connectivity index is 1.68. The third-order valence-corrected chi connectivity index (χ3v) is 7.17. The summed E-state index contributed by atoms with van der Waals surface area (Å²) in [5.74, 6) is 0.00460. The van der Waals surface area contributed by atoms with Crippen LogP contribution in [0.15, 0.2) is 32.7 Å². The van der Waals surface area contributed by atoms with Crippen LogP contribution in [0, 0.1) is 0 Å². The van der Waals surface area contributed by atoms with Crippen LogP contribution >= 0.6 is 11.8 Å². The number of benzene rings is 1. The number of oxazole rings is 1. The first-order valence-electron chi connectivity index (χ1n) is 9.22. The van der Waals surface area contributed by atoms with E-state index in [1.807, 2.05) is 6.92 Å². The number of fused-ring (bicyclic) bond motifs is 1. The number of hydrogen-bond donors (Lipinski definition) is 1. The Labute approximate surface area is 169 Å². The maximum Gasteiger partial charge on any atom is 0.257 e. The minimum Gasteiger partial charge on any atom is -0.431 e. The van der Waals surface area contributed by atoms with Crippen molar-refractivity contribution in [1.82, 2.24) is 14.6 Å². The lowest BCUT2D eigenvalue weighted by Crippen LogP contribution is -2.36. The number of sulfonamides is 1. The van der Waals surface area contributed by atoms with E-state index in [1.165, 1.54) is 22.1 Å². The minimum atomic E-state index is -3.52.